The van der Waals surface area contributed by atoms with Crippen LogP contribution >= 0.6 is 0 Å². The zero-order chi connectivity index (χ0) is 19.2. The molecule has 3 heterocycles. The molecule has 1 atom stereocenters. The molecule has 2 aromatic heterocycles. The highest BCUT2D eigenvalue weighted by atomic mass is 16.5. The van der Waals surface area contributed by atoms with Crippen molar-refractivity contribution in [2.45, 2.75) is 39.0 Å². The standard InChI is InChI=1S/C19H26N6O2/c1-13-11-14(2)23-19(22-13)24-18-17(20-7-8-21-18)15-5-4-9-25(12-15)16(26)6-10-27-3/h7-8,11,15H,4-6,9-10,12H2,1-3H3,(H,21,22,23,24)/t15-/m0/s1. The van der Waals surface area contributed by atoms with E-state index in [2.05, 4.69) is 25.3 Å². The largest absolute Gasteiger partial charge is 0.384 e. The number of nitrogens with one attached hydrogen (secondary N) is 1. The number of carbonyl (C=O) groups excluding carboxylic acids is 1. The van der Waals surface area contributed by atoms with Gasteiger partial charge in [-0.25, -0.2) is 15.0 Å². The van der Waals surface area contributed by atoms with Gasteiger partial charge >= 0.3 is 0 Å². The first-order chi connectivity index (χ1) is 13.1. The minimum absolute atomic E-state index is 0.123. The summed E-state index contributed by atoms with van der Waals surface area (Å²) in [7, 11) is 1.61. The summed E-state index contributed by atoms with van der Waals surface area (Å²) in [5.74, 6) is 1.42. The number of hydrogen-bond acceptors (Lipinski definition) is 7. The summed E-state index contributed by atoms with van der Waals surface area (Å²) in [6.07, 6.45) is 5.66. The van der Waals surface area contributed by atoms with Crippen LogP contribution in [0, 0.1) is 13.8 Å². The second-order valence-electron chi connectivity index (χ2n) is 6.81. The van der Waals surface area contributed by atoms with Crippen LogP contribution in [-0.2, 0) is 9.53 Å². The highest BCUT2D eigenvalue weighted by Crippen LogP contribution is 2.30. The molecule has 3 rings (SSSR count). The van der Waals surface area contributed by atoms with Gasteiger partial charge in [0.05, 0.1) is 18.7 Å². The highest BCUT2D eigenvalue weighted by Gasteiger charge is 2.27. The maximum absolute atomic E-state index is 12.4. The molecule has 1 N–H and O–H groups in total. The van der Waals surface area contributed by atoms with E-state index >= 15 is 0 Å². The highest BCUT2D eigenvalue weighted by molar-refractivity contribution is 5.76. The van der Waals surface area contributed by atoms with Crippen molar-refractivity contribution in [2.24, 2.45) is 0 Å². The van der Waals surface area contributed by atoms with Crippen molar-refractivity contribution >= 4 is 17.7 Å². The van der Waals surface area contributed by atoms with Crippen LogP contribution in [0.4, 0.5) is 11.8 Å². The Balaban J connectivity index is 1.77. The molecule has 0 aromatic carbocycles. The molecule has 1 amide bonds. The van der Waals surface area contributed by atoms with Crippen LogP contribution in [0.1, 0.15) is 42.3 Å². The Kier molecular flexibility index (Phi) is 6.28. The SMILES string of the molecule is COCCC(=O)N1CCC[C@H](c2nccnc2Nc2nc(C)cc(C)n2)C1. The van der Waals surface area contributed by atoms with Crippen molar-refractivity contribution in [3.05, 3.63) is 35.5 Å². The molecular formula is C19H26N6O2. The maximum atomic E-state index is 12.4. The summed E-state index contributed by atoms with van der Waals surface area (Å²) in [5.41, 5.74) is 2.63. The van der Waals surface area contributed by atoms with Crippen molar-refractivity contribution in [2.75, 3.05) is 32.1 Å². The van der Waals surface area contributed by atoms with E-state index in [1.807, 2.05) is 24.8 Å². The summed E-state index contributed by atoms with van der Waals surface area (Å²) < 4.78 is 5.03. The summed E-state index contributed by atoms with van der Waals surface area (Å²) in [4.78, 5) is 32.1. The third-order valence-electron chi connectivity index (χ3n) is 4.62. The number of carbonyl (C=O) groups is 1. The summed E-state index contributed by atoms with van der Waals surface area (Å²) >= 11 is 0. The van der Waals surface area contributed by atoms with E-state index in [9.17, 15) is 4.79 Å². The number of aryl methyl sites for hydroxylation is 2. The molecule has 0 spiro atoms. The average molecular weight is 370 g/mol. The van der Waals surface area contributed by atoms with E-state index in [1.54, 1.807) is 19.5 Å². The molecule has 27 heavy (non-hydrogen) atoms. The van der Waals surface area contributed by atoms with Crippen LogP contribution in [0.25, 0.3) is 0 Å². The number of anilines is 2. The average Bonchev–Trinajstić information content (AvgIpc) is 2.66. The fourth-order valence-electron chi connectivity index (χ4n) is 3.41. The Morgan fingerprint density at radius 1 is 1.26 bits per heavy atom. The van der Waals surface area contributed by atoms with E-state index < -0.39 is 0 Å². The second-order valence-corrected chi connectivity index (χ2v) is 6.81. The molecule has 0 aliphatic carbocycles. The molecule has 1 fully saturated rings. The van der Waals surface area contributed by atoms with E-state index in [0.29, 0.717) is 31.3 Å². The Bertz CT molecular complexity index is 777. The Morgan fingerprint density at radius 2 is 2.00 bits per heavy atom. The summed E-state index contributed by atoms with van der Waals surface area (Å²) in [5, 5.41) is 3.21. The molecular weight excluding hydrogens is 344 g/mol. The molecule has 144 valence electrons. The van der Waals surface area contributed by atoms with Crippen molar-refractivity contribution < 1.29 is 9.53 Å². The first kappa shape index (κ1) is 19.2. The minimum Gasteiger partial charge on any atom is -0.384 e. The van der Waals surface area contributed by atoms with Gasteiger partial charge in [-0.05, 0) is 32.8 Å². The van der Waals surface area contributed by atoms with E-state index in [-0.39, 0.29) is 11.8 Å². The van der Waals surface area contributed by atoms with Gasteiger partial charge in [-0.2, -0.15) is 0 Å². The van der Waals surface area contributed by atoms with Crippen molar-refractivity contribution in [1.29, 1.82) is 0 Å². The van der Waals surface area contributed by atoms with Gasteiger partial charge in [0.1, 0.15) is 0 Å². The second kappa shape index (κ2) is 8.85. The predicted octanol–water partition coefficient (Wildman–Crippen LogP) is 2.37. The molecule has 1 aliphatic rings. The monoisotopic (exact) mass is 370 g/mol. The third-order valence-corrected chi connectivity index (χ3v) is 4.62. The van der Waals surface area contributed by atoms with Crippen molar-refractivity contribution in [3.8, 4) is 0 Å². The molecule has 8 heteroatoms. The number of piperidine rings is 1. The Labute approximate surface area is 159 Å². The summed E-state index contributed by atoms with van der Waals surface area (Å²) in [6, 6.07) is 1.92. The number of amides is 1. The minimum atomic E-state index is 0.123. The van der Waals surface area contributed by atoms with Crippen molar-refractivity contribution in [1.82, 2.24) is 24.8 Å². The Morgan fingerprint density at radius 3 is 2.74 bits per heavy atom. The van der Waals surface area contributed by atoms with E-state index in [0.717, 1.165) is 36.5 Å². The number of nitrogens with zero attached hydrogens (tertiary/aromatic N) is 5. The third kappa shape index (κ3) is 4.97. The lowest BCUT2D eigenvalue weighted by Gasteiger charge is -2.33. The first-order valence-corrected chi connectivity index (χ1v) is 9.23. The van der Waals surface area contributed by atoms with Gasteiger partial charge in [0, 0.05) is 49.9 Å². The Hall–Kier alpha value is -2.61. The zero-order valence-corrected chi connectivity index (χ0v) is 16.1. The number of hydrogen-bond donors (Lipinski definition) is 1. The fraction of sp³-hybridized carbons (Fsp3) is 0.526. The number of rotatable bonds is 6. The van der Waals surface area contributed by atoms with Crippen LogP contribution in [0.2, 0.25) is 0 Å². The van der Waals surface area contributed by atoms with Gasteiger partial charge in [0.15, 0.2) is 5.82 Å². The molecule has 8 nitrogen and oxygen atoms in total. The molecule has 0 unspecified atom stereocenters. The van der Waals surface area contributed by atoms with E-state index in [4.69, 9.17) is 4.74 Å². The van der Waals surface area contributed by atoms with Gasteiger partial charge in [-0.15, -0.1) is 0 Å². The summed E-state index contributed by atoms with van der Waals surface area (Å²) in [6.45, 7) is 5.73. The number of ether oxygens (including phenoxy) is 1. The lowest BCUT2D eigenvalue weighted by Crippen LogP contribution is -2.39. The maximum Gasteiger partial charge on any atom is 0.228 e. The molecule has 0 saturated carbocycles. The normalized spacial score (nSPS) is 17.0. The van der Waals surface area contributed by atoms with Gasteiger partial charge in [0.25, 0.3) is 0 Å². The fourth-order valence-corrected chi connectivity index (χ4v) is 3.41. The molecule has 2 aromatic rings. The zero-order valence-electron chi connectivity index (χ0n) is 16.1. The predicted molar refractivity (Wildman–Crippen MR) is 102 cm³/mol. The van der Waals surface area contributed by atoms with Crippen LogP contribution in [-0.4, -0.2) is 57.5 Å². The van der Waals surface area contributed by atoms with Gasteiger partial charge in [0.2, 0.25) is 11.9 Å². The smallest absolute Gasteiger partial charge is 0.228 e. The van der Waals surface area contributed by atoms with Crippen LogP contribution < -0.4 is 5.32 Å². The van der Waals surface area contributed by atoms with E-state index in [1.165, 1.54) is 0 Å². The van der Waals surface area contributed by atoms with Crippen LogP contribution in [0.5, 0.6) is 0 Å². The van der Waals surface area contributed by atoms with Crippen molar-refractivity contribution in [3.63, 3.8) is 0 Å². The number of methoxy groups -OCH3 is 1. The molecule has 0 radical (unpaired) electrons. The molecule has 1 aliphatic heterocycles. The molecule has 1 saturated heterocycles. The van der Waals surface area contributed by atoms with Crippen LogP contribution in [0.15, 0.2) is 18.5 Å². The lowest BCUT2D eigenvalue weighted by atomic mass is 9.94. The van der Waals surface area contributed by atoms with Gasteiger partial charge in [-0.1, -0.05) is 0 Å². The van der Waals surface area contributed by atoms with Gasteiger partial charge in [-0.3, -0.25) is 9.78 Å². The number of likely N-dealkylation sites (tertiary alicyclic amines) is 1. The lowest BCUT2D eigenvalue weighted by molar-refractivity contribution is -0.133. The van der Waals surface area contributed by atoms with Crippen LogP contribution in [0.3, 0.4) is 0 Å². The number of aromatic nitrogens is 4. The first-order valence-electron chi connectivity index (χ1n) is 9.23. The van der Waals surface area contributed by atoms with Gasteiger partial charge < -0.3 is 15.0 Å². The molecule has 0 bridgehead atoms. The topological polar surface area (TPSA) is 93.1 Å². The quantitative estimate of drug-likeness (QED) is 0.834.